The number of nitrogens with one attached hydrogen (secondary N) is 2. The summed E-state index contributed by atoms with van der Waals surface area (Å²) in [5.74, 6) is -0.265. The van der Waals surface area contributed by atoms with Gasteiger partial charge in [0.1, 0.15) is 0 Å². The van der Waals surface area contributed by atoms with E-state index in [1.165, 1.54) is 0 Å². The lowest BCUT2D eigenvalue weighted by molar-refractivity contribution is -0.122. The number of anilines is 1. The molecule has 0 fully saturated rings. The van der Waals surface area contributed by atoms with Gasteiger partial charge in [0.05, 0.1) is 6.04 Å². The maximum Gasteiger partial charge on any atom is 0.237 e. The fraction of sp³-hybridized carbons (Fsp3) is 0.300. The van der Waals surface area contributed by atoms with Crippen LogP contribution in [0.1, 0.15) is 25.0 Å². The second-order valence-corrected chi connectivity index (χ2v) is 6.35. The van der Waals surface area contributed by atoms with Crippen LogP contribution in [0.5, 0.6) is 0 Å². The first-order valence-electron chi connectivity index (χ1n) is 8.42. The predicted molar refractivity (Wildman–Crippen MR) is 99.9 cm³/mol. The molecule has 1 atom stereocenters. The summed E-state index contributed by atoms with van der Waals surface area (Å²) in [4.78, 5) is 23.8. The zero-order valence-electron chi connectivity index (χ0n) is 14.7. The molecule has 0 aliphatic heterocycles. The van der Waals surface area contributed by atoms with Crippen molar-refractivity contribution in [2.45, 2.75) is 32.9 Å². The van der Waals surface area contributed by atoms with E-state index in [0.717, 1.165) is 16.8 Å². The summed E-state index contributed by atoms with van der Waals surface area (Å²) in [7, 11) is 0. The number of benzene rings is 2. The van der Waals surface area contributed by atoms with Gasteiger partial charge in [-0.15, -0.1) is 0 Å². The van der Waals surface area contributed by atoms with Crippen LogP contribution in [0.3, 0.4) is 0 Å². The van der Waals surface area contributed by atoms with Gasteiger partial charge in [0.25, 0.3) is 0 Å². The van der Waals surface area contributed by atoms with E-state index in [1.807, 2.05) is 68.4 Å². The van der Waals surface area contributed by atoms with Crippen LogP contribution >= 0.6 is 0 Å². The van der Waals surface area contributed by atoms with Crippen LogP contribution in [0.2, 0.25) is 0 Å². The molecule has 5 heteroatoms. The fourth-order valence-corrected chi connectivity index (χ4v) is 2.27. The number of nitrogens with two attached hydrogens (primary N) is 1. The molecule has 0 spiro atoms. The van der Waals surface area contributed by atoms with Gasteiger partial charge < -0.3 is 16.4 Å². The topological polar surface area (TPSA) is 84.2 Å². The molecule has 0 aliphatic carbocycles. The lowest BCUT2D eigenvalue weighted by Crippen LogP contribution is -2.41. The molecule has 0 aromatic heterocycles. The molecule has 2 aromatic carbocycles. The maximum atomic E-state index is 12.1. The number of carbonyl (C=O) groups excluding carboxylic acids is 2. The first-order chi connectivity index (χ1) is 12.0. The number of carbonyl (C=O) groups is 2. The zero-order chi connectivity index (χ0) is 18.2. The van der Waals surface area contributed by atoms with Crippen molar-refractivity contribution < 1.29 is 9.59 Å². The number of hydrogen-bond acceptors (Lipinski definition) is 3. The summed E-state index contributed by atoms with van der Waals surface area (Å²) in [5, 5.41) is 5.68. The largest absolute Gasteiger partial charge is 0.351 e. The van der Waals surface area contributed by atoms with Gasteiger partial charge in [0.15, 0.2) is 0 Å². The minimum Gasteiger partial charge on any atom is -0.351 e. The van der Waals surface area contributed by atoms with Gasteiger partial charge in [-0.25, -0.2) is 0 Å². The molecule has 2 amide bonds. The minimum atomic E-state index is -0.577. The van der Waals surface area contributed by atoms with Crippen LogP contribution in [0.15, 0.2) is 54.6 Å². The molecule has 0 saturated carbocycles. The number of amides is 2. The molecule has 0 saturated heterocycles. The Morgan fingerprint density at radius 2 is 1.56 bits per heavy atom. The van der Waals surface area contributed by atoms with Crippen LogP contribution < -0.4 is 16.4 Å². The zero-order valence-corrected chi connectivity index (χ0v) is 14.7. The van der Waals surface area contributed by atoms with Gasteiger partial charge in [0, 0.05) is 18.2 Å². The minimum absolute atomic E-state index is 0.0204. The Morgan fingerprint density at radius 3 is 2.16 bits per heavy atom. The van der Waals surface area contributed by atoms with Gasteiger partial charge in [-0.3, -0.25) is 9.59 Å². The lowest BCUT2D eigenvalue weighted by Gasteiger charge is -2.13. The first-order valence-corrected chi connectivity index (χ1v) is 8.42. The Kier molecular flexibility index (Phi) is 6.71. The second-order valence-electron chi connectivity index (χ2n) is 6.35. The molecule has 2 aromatic rings. The highest BCUT2D eigenvalue weighted by molar-refractivity contribution is 5.92. The Bertz CT molecular complexity index is 697. The highest BCUT2D eigenvalue weighted by Gasteiger charge is 2.13. The van der Waals surface area contributed by atoms with Gasteiger partial charge in [-0.1, -0.05) is 56.3 Å². The Labute approximate surface area is 148 Å². The van der Waals surface area contributed by atoms with Crippen molar-refractivity contribution in [3.05, 3.63) is 65.7 Å². The standard InChI is InChI=1S/C20H25N3O2/c1-14(2)19(24)23-17-10-8-16(9-11-17)13-22-20(25)18(21)12-15-6-4-3-5-7-15/h3-11,14,18H,12-13,21H2,1-2H3,(H,22,25)(H,23,24). The second kappa shape index (κ2) is 8.99. The average molecular weight is 339 g/mol. The molecule has 2 rings (SSSR count). The third kappa shape index (κ3) is 6.04. The van der Waals surface area contributed by atoms with Crippen molar-refractivity contribution in [2.75, 3.05) is 5.32 Å². The smallest absolute Gasteiger partial charge is 0.237 e. The first kappa shape index (κ1) is 18.7. The summed E-state index contributed by atoms with van der Waals surface area (Å²) in [6, 6.07) is 16.5. The lowest BCUT2D eigenvalue weighted by atomic mass is 10.1. The predicted octanol–water partition coefficient (Wildman–Crippen LogP) is 2.47. The highest BCUT2D eigenvalue weighted by Crippen LogP contribution is 2.11. The molecule has 0 heterocycles. The quantitative estimate of drug-likeness (QED) is 0.724. The van der Waals surface area contributed by atoms with Gasteiger partial charge in [0.2, 0.25) is 11.8 Å². The van der Waals surface area contributed by atoms with E-state index in [1.54, 1.807) is 0 Å². The van der Waals surface area contributed by atoms with Crippen LogP contribution in [-0.2, 0) is 22.6 Å². The molecule has 0 aliphatic rings. The summed E-state index contributed by atoms with van der Waals surface area (Å²) < 4.78 is 0. The highest BCUT2D eigenvalue weighted by atomic mass is 16.2. The molecule has 1 unspecified atom stereocenters. The third-order valence-electron chi connectivity index (χ3n) is 3.85. The monoisotopic (exact) mass is 339 g/mol. The van der Waals surface area contributed by atoms with Gasteiger partial charge in [-0.05, 0) is 29.7 Å². The molecule has 0 radical (unpaired) electrons. The summed E-state index contributed by atoms with van der Waals surface area (Å²) in [6.07, 6.45) is 0.507. The fourth-order valence-electron chi connectivity index (χ4n) is 2.27. The average Bonchev–Trinajstić information content (AvgIpc) is 2.61. The van der Waals surface area contributed by atoms with Crippen molar-refractivity contribution in [2.24, 2.45) is 11.7 Å². The van der Waals surface area contributed by atoms with Crippen LogP contribution in [0, 0.1) is 5.92 Å². The van der Waals surface area contributed by atoms with E-state index in [2.05, 4.69) is 10.6 Å². The summed E-state index contributed by atoms with van der Waals surface area (Å²) in [5.41, 5.74) is 8.69. The Morgan fingerprint density at radius 1 is 0.920 bits per heavy atom. The number of hydrogen-bond donors (Lipinski definition) is 3. The molecular formula is C20H25N3O2. The van der Waals surface area contributed by atoms with E-state index >= 15 is 0 Å². The van der Waals surface area contributed by atoms with E-state index < -0.39 is 6.04 Å². The van der Waals surface area contributed by atoms with E-state index in [9.17, 15) is 9.59 Å². The summed E-state index contributed by atoms with van der Waals surface area (Å²) >= 11 is 0. The Balaban J connectivity index is 1.82. The SMILES string of the molecule is CC(C)C(=O)Nc1ccc(CNC(=O)C(N)Cc2ccccc2)cc1. The maximum absolute atomic E-state index is 12.1. The Hall–Kier alpha value is -2.66. The van der Waals surface area contributed by atoms with Gasteiger partial charge in [-0.2, -0.15) is 0 Å². The van der Waals surface area contributed by atoms with Crippen molar-refractivity contribution in [3.63, 3.8) is 0 Å². The van der Waals surface area contributed by atoms with E-state index in [0.29, 0.717) is 13.0 Å². The molecular weight excluding hydrogens is 314 g/mol. The molecule has 25 heavy (non-hydrogen) atoms. The molecule has 4 N–H and O–H groups in total. The molecule has 5 nitrogen and oxygen atoms in total. The summed E-state index contributed by atoms with van der Waals surface area (Å²) in [6.45, 7) is 4.09. The van der Waals surface area contributed by atoms with E-state index in [4.69, 9.17) is 5.73 Å². The van der Waals surface area contributed by atoms with Gasteiger partial charge >= 0.3 is 0 Å². The van der Waals surface area contributed by atoms with Crippen molar-refractivity contribution >= 4 is 17.5 Å². The van der Waals surface area contributed by atoms with Crippen LogP contribution in [0.4, 0.5) is 5.69 Å². The molecule has 0 bridgehead atoms. The third-order valence-corrected chi connectivity index (χ3v) is 3.85. The van der Waals surface area contributed by atoms with Crippen molar-refractivity contribution in [3.8, 4) is 0 Å². The van der Waals surface area contributed by atoms with E-state index in [-0.39, 0.29) is 17.7 Å². The van der Waals surface area contributed by atoms with Crippen molar-refractivity contribution in [1.29, 1.82) is 0 Å². The number of rotatable bonds is 7. The van der Waals surface area contributed by atoms with Crippen molar-refractivity contribution in [1.82, 2.24) is 5.32 Å². The normalized spacial score (nSPS) is 11.8. The van der Waals surface area contributed by atoms with Crippen LogP contribution in [-0.4, -0.2) is 17.9 Å². The van der Waals surface area contributed by atoms with Crippen LogP contribution in [0.25, 0.3) is 0 Å². The molecule has 132 valence electrons.